The van der Waals surface area contributed by atoms with Crippen molar-refractivity contribution in [2.75, 3.05) is 13.2 Å². The van der Waals surface area contributed by atoms with E-state index in [1.54, 1.807) is 0 Å². The molecule has 6 heteroatoms. The Morgan fingerprint density at radius 3 is 1.03 bits per heavy atom. The van der Waals surface area contributed by atoms with Crippen LogP contribution in [0.1, 0.15) is 252 Å². The van der Waals surface area contributed by atoms with Crippen molar-refractivity contribution in [3.63, 3.8) is 0 Å². The minimum absolute atomic E-state index is 0.0999. The number of unbranched alkanes of at least 4 members (excludes halogenated alkanes) is 23. The van der Waals surface area contributed by atoms with Gasteiger partial charge in [0, 0.05) is 19.3 Å². The molecular weight excluding hydrogens is 805 g/mol. The topological polar surface area (TPSA) is 78.9 Å². The minimum atomic E-state index is -0.807. The molecule has 0 N–H and O–H groups in total. The zero-order valence-electron chi connectivity index (χ0n) is 42.5. The molecule has 0 aliphatic rings. The average molecular weight is 905 g/mol. The van der Waals surface area contributed by atoms with Gasteiger partial charge in [-0.1, -0.05) is 234 Å². The summed E-state index contributed by atoms with van der Waals surface area (Å²) in [5.41, 5.74) is 0. The summed E-state index contributed by atoms with van der Waals surface area (Å²) in [5.74, 6) is -0.990. The number of carbonyl (C=O) groups is 3. The first-order chi connectivity index (χ1) is 32.0. The molecule has 0 aromatic rings. The summed E-state index contributed by atoms with van der Waals surface area (Å²) in [6.45, 7) is 6.45. The Balaban J connectivity index is 4.47. The SMILES string of the molecule is CC/C=C\C/C=C\C/C=C\C/C=C\C/C=C\C/C=C\CCC(=O)OC[C@@H](COC(=O)CCCCCCCCCCCCC)OC(=O)CCCCCCCCC/C=C\CCCCCCCC. The second-order valence-electron chi connectivity index (χ2n) is 17.8. The first-order valence-corrected chi connectivity index (χ1v) is 27.1. The lowest BCUT2D eigenvalue weighted by atomic mass is 10.1. The zero-order valence-corrected chi connectivity index (χ0v) is 42.5. The fourth-order valence-electron chi connectivity index (χ4n) is 7.35. The van der Waals surface area contributed by atoms with Crippen molar-refractivity contribution in [2.45, 2.75) is 258 Å². The number of allylic oxidation sites excluding steroid dienone is 14. The third-order valence-electron chi connectivity index (χ3n) is 11.4. The highest BCUT2D eigenvalue weighted by Crippen LogP contribution is 2.14. The van der Waals surface area contributed by atoms with Crippen molar-refractivity contribution in [3.8, 4) is 0 Å². The van der Waals surface area contributed by atoms with Crippen LogP contribution in [0.25, 0.3) is 0 Å². The van der Waals surface area contributed by atoms with E-state index in [-0.39, 0.29) is 37.5 Å². The van der Waals surface area contributed by atoms with Gasteiger partial charge in [-0.15, -0.1) is 0 Å². The van der Waals surface area contributed by atoms with Gasteiger partial charge in [-0.05, 0) is 83.5 Å². The Labute approximate surface area is 401 Å². The number of carbonyl (C=O) groups excluding carboxylic acids is 3. The highest BCUT2D eigenvalue weighted by Gasteiger charge is 2.19. The van der Waals surface area contributed by atoms with Crippen molar-refractivity contribution in [1.29, 1.82) is 0 Å². The van der Waals surface area contributed by atoms with Gasteiger partial charge in [-0.3, -0.25) is 14.4 Å². The predicted molar refractivity (Wildman–Crippen MR) is 279 cm³/mol. The second-order valence-corrected chi connectivity index (χ2v) is 17.8. The van der Waals surface area contributed by atoms with Gasteiger partial charge in [-0.2, -0.15) is 0 Å². The third kappa shape index (κ3) is 51.4. The molecule has 65 heavy (non-hydrogen) atoms. The highest BCUT2D eigenvalue weighted by atomic mass is 16.6. The number of esters is 3. The van der Waals surface area contributed by atoms with E-state index < -0.39 is 6.10 Å². The minimum Gasteiger partial charge on any atom is -0.462 e. The Morgan fingerprint density at radius 2 is 0.631 bits per heavy atom. The van der Waals surface area contributed by atoms with Gasteiger partial charge in [0.1, 0.15) is 13.2 Å². The van der Waals surface area contributed by atoms with E-state index in [2.05, 4.69) is 99.8 Å². The summed E-state index contributed by atoms with van der Waals surface area (Å²) >= 11 is 0. The van der Waals surface area contributed by atoms with Crippen LogP contribution in [0, 0.1) is 0 Å². The Kier molecular flexibility index (Phi) is 50.4. The molecule has 0 aromatic heterocycles. The summed E-state index contributed by atoms with van der Waals surface area (Å²) < 4.78 is 16.7. The molecule has 0 bridgehead atoms. The second kappa shape index (κ2) is 53.2. The number of hydrogen-bond acceptors (Lipinski definition) is 6. The average Bonchev–Trinajstić information content (AvgIpc) is 3.30. The molecule has 0 saturated heterocycles. The Hall–Kier alpha value is -3.41. The lowest BCUT2D eigenvalue weighted by molar-refractivity contribution is -0.166. The molecule has 0 spiro atoms. The van der Waals surface area contributed by atoms with Gasteiger partial charge in [-0.25, -0.2) is 0 Å². The standard InChI is InChI=1S/C59H100O6/c1-4-7-10-13-16-19-22-24-26-28-29-31-32-34-37-40-43-46-49-52-58(61)64-55-56(54-63-57(60)51-48-45-42-39-36-21-18-15-12-9-6-3)65-59(62)53-50-47-44-41-38-35-33-30-27-25-23-20-17-14-11-8-5-2/h7,10,16,19,24-27,29,31,34,37,43,46,56H,4-6,8-9,11-15,17-18,20-23,28,30,32-33,35-36,38-42,44-45,47-55H2,1-3H3/b10-7-,19-16-,26-24-,27-25-,31-29-,37-34-,46-43-/t56-/m1/s1. The van der Waals surface area contributed by atoms with E-state index in [4.69, 9.17) is 14.2 Å². The van der Waals surface area contributed by atoms with Crippen LogP contribution in [0.5, 0.6) is 0 Å². The molecular formula is C59H100O6. The van der Waals surface area contributed by atoms with Crippen molar-refractivity contribution in [2.24, 2.45) is 0 Å². The number of ether oxygens (including phenoxy) is 3. The van der Waals surface area contributed by atoms with Crippen LogP contribution in [0.15, 0.2) is 85.1 Å². The summed E-state index contributed by atoms with van der Waals surface area (Å²) in [5, 5.41) is 0. The maximum atomic E-state index is 12.8. The van der Waals surface area contributed by atoms with Crippen molar-refractivity contribution in [3.05, 3.63) is 85.1 Å². The van der Waals surface area contributed by atoms with Crippen molar-refractivity contribution in [1.82, 2.24) is 0 Å². The molecule has 1 atom stereocenters. The summed E-state index contributed by atoms with van der Waals surface area (Å²) in [6, 6.07) is 0. The predicted octanol–water partition coefficient (Wildman–Crippen LogP) is 18.0. The van der Waals surface area contributed by atoms with Crippen LogP contribution in [0.4, 0.5) is 0 Å². The van der Waals surface area contributed by atoms with Gasteiger partial charge >= 0.3 is 17.9 Å². The molecule has 0 amide bonds. The summed E-state index contributed by atoms with van der Waals surface area (Å²) in [7, 11) is 0. The van der Waals surface area contributed by atoms with E-state index in [1.165, 1.54) is 128 Å². The molecule has 0 heterocycles. The molecule has 0 aliphatic carbocycles. The normalized spacial score (nSPS) is 12.7. The lowest BCUT2D eigenvalue weighted by Gasteiger charge is -2.18. The van der Waals surface area contributed by atoms with E-state index in [0.717, 1.165) is 77.0 Å². The molecule has 0 rings (SSSR count). The van der Waals surface area contributed by atoms with Crippen LogP contribution >= 0.6 is 0 Å². The van der Waals surface area contributed by atoms with E-state index >= 15 is 0 Å². The largest absolute Gasteiger partial charge is 0.462 e. The van der Waals surface area contributed by atoms with E-state index in [1.807, 2.05) is 6.08 Å². The summed E-state index contributed by atoms with van der Waals surface area (Å²) in [4.78, 5) is 38.0. The van der Waals surface area contributed by atoms with Crippen LogP contribution < -0.4 is 0 Å². The first-order valence-electron chi connectivity index (χ1n) is 27.1. The molecule has 0 aromatic carbocycles. The van der Waals surface area contributed by atoms with Crippen LogP contribution in [0.2, 0.25) is 0 Å². The molecule has 0 radical (unpaired) electrons. The van der Waals surface area contributed by atoms with E-state index in [9.17, 15) is 14.4 Å². The van der Waals surface area contributed by atoms with Crippen LogP contribution in [-0.2, 0) is 28.6 Å². The van der Waals surface area contributed by atoms with Gasteiger partial charge in [0.05, 0.1) is 0 Å². The maximum absolute atomic E-state index is 12.8. The zero-order chi connectivity index (χ0) is 47.2. The molecule has 0 saturated carbocycles. The Bertz CT molecular complexity index is 1270. The first kappa shape index (κ1) is 61.6. The third-order valence-corrected chi connectivity index (χ3v) is 11.4. The van der Waals surface area contributed by atoms with Gasteiger partial charge in [0.15, 0.2) is 6.10 Å². The van der Waals surface area contributed by atoms with Gasteiger partial charge < -0.3 is 14.2 Å². The smallest absolute Gasteiger partial charge is 0.306 e. The van der Waals surface area contributed by atoms with Gasteiger partial charge in [0.2, 0.25) is 0 Å². The Morgan fingerprint density at radius 1 is 0.323 bits per heavy atom. The fraction of sp³-hybridized carbons (Fsp3) is 0.712. The molecule has 6 nitrogen and oxygen atoms in total. The number of hydrogen-bond donors (Lipinski definition) is 0. The number of rotatable bonds is 48. The van der Waals surface area contributed by atoms with Crippen LogP contribution in [-0.4, -0.2) is 37.2 Å². The lowest BCUT2D eigenvalue weighted by Crippen LogP contribution is -2.30. The molecule has 0 unspecified atom stereocenters. The monoisotopic (exact) mass is 905 g/mol. The van der Waals surface area contributed by atoms with Crippen molar-refractivity contribution < 1.29 is 28.6 Å². The summed E-state index contributed by atoms with van der Waals surface area (Å²) in [6.07, 6.45) is 68.7. The quantitative estimate of drug-likeness (QED) is 0.0262. The molecule has 0 aliphatic heterocycles. The van der Waals surface area contributed by atoms with Crippen LogP contribution in [0.3, 0.4) is 0 Å². The maximum Gasteiger partial charge on any atom is 0.306 e. The van der Waals surface area contributed by atoms with E-state index in [0.29, 0.717) is 19.3 Å². The highest BCUT2D eigenvalue weighted by molar-refractivity contribution is 5.71. The molecule has 372 valence electrons. The van der Waals surface area contributed by atoms with Gasteiger partial charge in [0.25, 0.3) is 0 Å². The fourth-order valence-corrected chi connectivity index (χ4v) is 7.35. The molecule has 0 fully saturated rings. The van der Waals surface area contributed by atoms with Crippen molar-refractivity contribution >= 4 is 17.9 Å².